The highest BCUT2D eigenvalue weighted by Gasteiger charge is 2.19. The van der Waals surface area contributed by atoms with Gasteiger partial charge in [0.25, 0.3) is 0 Å². The molecule has 0 saturated heterocycles. The normalized spacial score (nSPS) is 11.4. The number of benzene rings is 2. The van der Waals surface area contributed by atoms with Crippen LogP contribution in [-0.4, -0.2) is 24.9 Å². The highest BCUT2D eigenvalue weighted by atomic mass is 32.2. The minimum atomic E-state index is -0.314. The van der Waals surface area contributed by atoms with E-state index in [2.05, 4.69) is 34.2 Å². The average molecular weight is 424 g/mol. The Morgan fingerprint density at radius 3 is 2.57 bits per heavy atom. The van der Waals surface area contributed by atoms with Crippen LogP contribution in [0.15, 0.2) is 58.2 Å². The van der Waals surface area contributed by atoms with Gasteiger partial charge in [-0.1, -0.05) is 72.7 Å². The third-order valence-corrected chi connectivity index (χ3v) is 5.43. The molecular weight excluding hydrogens is 401 g/mol. The van der Waals surface area contributed by atoms with E-state index >= 15 is 0 Å². The van der Waals surface area contributed by atoms with E-state index < -0.39 is 0 Å². The van der Waals surface area contributed by atoms with Gasteiger partial charge in [-0.05, 0) is 25.0 Å². The van der Waals surface area contributed by atoms with E-state index in [1.165, 1.54) is 23.4 Å². The molecule has 8 heteroatoms. The lowest BCUT2D eigenvalue weighted by Crippen LogP contribution is -2.08. The van der Waals surface area contributed by atoms with E-state index in [1.807, 2.05) is 35.8 Å². The van der Waals surface area contributed by atoms with Crippen molar-refractivity contribution in [2.45, 2.75) is 38.2 Å². The van der Waals surface area contributed by atoms with Crippen molar-refractivity contribution in [1.82, 2.24) is 24.9 Å². The predicted octanol–water partition coefficient (Wildman–Crippen LogP) is 5.39. The largest absolute Gasteiger partial charge is 0.338 e. The summed E-state index contributed by atoms with van der Waals surface area (Å²) in [6, 6.07) is 14.6. The highest BCUT2D eigenvalue weighted by molar-refractivity contribution is 7.98. The lowest BCUT2D eigenvalue weighted by Gasteiger charge is -2.12. The number of rotatable bonds is 7. The third-order valence-electron chi connectivity index (χ3n) is 4.48. The molecule has 30 heavy (non-hydrogen) atoms. The van der Waals surface area contributed by atoms with Crippen LogP contribution in [0, 0.1) is 18.7 Å². The first-order chi connectivity index (χ1) is 14.5. The molecule has 0 bridgehead atoms. The summed E-state index contributed by atoms with van der Waals surface area (Å²) < 4.78 is 21.7. The molecule has 0 radical (unpaired) electrons. The quantitative estimate of drug-likeness (QED) is 0.371. The number of halogens is 1. The number of aromatic nitrogens is 5. The summed E-state index contributed by atoms with van der Waals surface area (Å²) in [4.78, 5) is 4.48. The lowest BCUT2D eigenvalue weighted by atomic mass is 10.1. The second-order valence-electron chi connectivity index (χ2n) is 7.46. The topological polar surface area (TPSA) is 69.6 Å². The zero-order valence-corrected chi connectivity index (χ0v) is 17.9. The van der Waals surface area contributed by atoms with Crippen molar-refractivity contribution in [3.8, 4) is 22.8 Å². The van der Waals surface area contributed by atoms with E-state index in [4.69, 9.17) is 4.52 Å². The average Bonchev–Trinajstić information content (AvgIpc) is 3.34. The molecular formula is C22H22FN5OS. The van der Waals surface area contributed by atoms with Crippen molar-refractivity contribution in [2.24, 2.45) is 5.92 Å². The molecule has 0 aliphatic rings. The van der Waals surface area contributed by atoms with Crippen molar-refractivity contribution in [3.05, 3.63) is 65.8 Å². The maximum atomic E-state index is 14.3. The molecule has 0 atom stereocenters. The first-order valence-electron chi connectivity index (χ1n) is 9.72. The number of aryl methyl sites for hydroxylation is 1. The van der Waals surface area contributed by atoms with Crippen LogP contribution >= 0.6 is 11.8 Å². The van der Waals surface area contributed by atoms with E-state index in [9.17, 15) is 4.39 Å². The molecule has 4 aromatic rings. The summed E-state index contributed by atoms with van der Waals surface area (Å²) in [5.74, 6) is 2.07. The van der Waals surface area contributed by atoms with Crippen LogP contribution in [-0.2, 0) is 12.3 Å². The van der Waals surface area contributed by atoms with Gasteiger partial charge in [-0.2, -0.15) is 4.98 Å². The molecule has 0 unspecified atom stereocenters. The van der Waals surface area contributed by atoms with Crippen LogP contribution in [0.1, 0.15) is 25.3 Å². The fourth-order valence-corrected chi connectivity index (χ4v) is 3.81. The van der Waals surface area contributed by atoms with E-state index in [-0.39, 0.29) is 5.82 Å². The van der Waals surface area contributed by atoms with Crippen molar-refractivity contribution in [1.29, 1.82) is 0 Å². The number of hydrogen-bond donors (Lipinski definition) is 0. The van der Waals surface area contributed by atoms with Gasteiger partial charge in [0, 0.05) is 12.1 Å². The SMILES string of the molecule is Cc1ccc(-c2noc(CSc3nnc(-c4ccccc4F)n3CC(C)C)n2)cc1. The van der Waals surface area contributed by atoms with Crippen molar-refractivity contribution < 1.29 is 8.91 Å². The Labute approximate surface area is 178 Å². The lowest BCUT2D eigenvalue weighted by molar-refractivity contribution is 0.391. The molecule has 0 aliphatic heterocycles. The first kappa shape index (κ1) is 20.3. The Bertz CT molecular complexity index is 1140. The maximum Gasteiger partial charge on any atom is 0.237 e. The Morgan fingerprint density at radius 2 is 1.83 bits per heavy atom. The van der Waals surface area contributed by atoms with Gasteiger partial charge < -0.3 is 9.09 Å². The highest BCUT2D eigenvalue weighted by Crippen LogP contribution is 2.29. The van der Waals surface area contributed by atoms with Crippen LogP contribution in [0.2, 0.25) is 0 Å². The van der Waals surface area contributed by atoms with Gasteiger partial charge in [-0.15, -0.1) is 10.2 Å². The Hall–Kier alpha value is -3.00. The van der Waals surface area contributed by atoms with Crippen molar-refractivity contribution in [3.63, 3.8) is 0 Å². The van der Waals surface area contributed by atoms with Gasteiger partial charge in [0.05, 0.1) is 11.3 Å². The summed E-state index contributed by atoms with van der Waals surface area (Å²) in [6.07, 6.45) is 0. The fraction of sp³-hybridized carbons (Fsp3) is 0.273. The number of thioether (sulfide) groups is 1. The van der Waals surface area contributed by atoms with Crippen LogP contribution in [0.25, 0.3) is 22.8 Å². The van der Waals surface area contributed by atoms with Crippen molar-refractivity contribution >= 4 is 11.8 Å². The molecule has 0 N–H and O–H groups in total. The standard InChI is InChI=1S/C22H22FN5OS/c1-14(2)12-28-21(17-6-4-5-7-18(17)23)25-26-22(28)30-13-19-24-20(27-29-19)16-10-8-15(3)9-11-16/h4-11,14H,12-13H2,1-3H3. The van der Waals surface area contributed by atoms with E-state index in [1.54, 1.807) is 18.2 Å². The van der Waals surface area contributed by atoms with Crippen LogP contribution in [0.4, 0.5) is 4.39 Å². The van der Waals surface area contributed by atoms with Crippen LogP contribution in [0.3, 0.4) is 0 Å². The van der Waals surface area contributed by atoms with E-state index in [0.717, 1.165) is 5.56 Å². The molecule has 0 spiro atoms. The number of nitrogens with zero attached hydrogens (tertiary/aromatic N) is 5. The molecule has 4 rings (SSSR count). The molecule has 0 saturated carbocycles. The molecule has 0 fully saturated rings. The minimum Gasteiger partial charge on any atom is -0.338 e. The van der Waals surface area contributed by atoms with E-state index in [0.29, 0.717) is 46.5 Å². The smallest absolute Gasteiger partial charge is 0.237 e. The molecule has 154 valence electrons. The molecule has 0 amide bonds. The van der Waals surface area contributed by atoms with Gasteiger partial charge in [0.15, 0.2) is 11.0 Å². The van der Waals surface area contributed by atoms with Crippen LogP contribution in [0.5, 0.6) is 0 Å². The zero-order chi connectivity index (χ0) is 21.1. The van der Waals surface area contributed by atoms with Gasteiger partial charge in [-0.3, -0.25) is 0 Å². The molecule has 2 aromatic carbocycles. The van der Waals surface area contributed by atoms with Gasteiger partial charge >= 0.3 is 0 Å². The summed E-state index contributed by atoms with van der Waals surface area (Å²) in [6.45, 7) is 6.92. The van der Waals surface area contributed by atoms with Crippen molar-refractivity contribution in [2.75, 3.05) is 0 Å². The fourth-order valence-electron chi connectivity index (χ4n) is 3.03. The third kappa shape index (κ3) is 4.43. The second-order valence-corrected chi connectivity index (χ2v) is 8.40. The summed E-state index contributed by atoms with van der Waals surface area (Å²) in [5.41, 5.74) is 2.52. The Kier molecular flexibility index (Phi) is 5.94. The zero-order valence-electron chi connectivity index (χ0n) is 17.0. The first-order valence-corrected chi connectivity index (χ1v) is 10.7. The molecule has 0 aliphatic carbocycles. The monoisotopic (exact) mass is 423 g/mol. The summed E-state index contributed by atoms with van der Waals surface area (Å²) in [5, 5.41) is 13.3. The van der Waals surface area contributed by atoms with Gasteiger partial charge in [-0.25, -0.2) is 4.39 Å². The summed E-state index contributed by atoms with van der Waals surface area (Å²) in [7, 11) is 0. The molecule has 6 nitrogen and oxygen atoms in total. The number of hydrogen-bond acceptors (Lipinski definition) is 6. The minimum absolute atomic E-state index is 0.314. The maximum absolute atomic E-state index is 14.3. The summed E-state index contributed by atoms with van der Waals surface area (Å²) >= 11 is 1.45. The molecule has 2 aromatic heterocycles. The van der Waals surface area contributed by atoms with Crippen LogP contribution < -0.4 is 0 Å². The Morgan fingerprint density at radius 1 is 1.07 bits per heavy atom. The van der Waals surface area contributed by atoms with Gasteiger partial charge in [0.2, 0.25) is 11.7 Å². The second kappa shape index (κ2) is 8.79. The Balaban J connectivity index is 1.55. The predicted molar refractivity (Wildman–Crippen MR) is 114 cm³/mol. The van der Waals surface area contributed by atoms with Gasteiger partial charge in [0.1, 0.15) is 5.82 Å². The molecule has 2 heterocycles.